The minimum absolute atomic E-state index is 1.000. The Hall–Kier alpha value is 0. The molecule has 0 amide bonds. The molecule has 0 saturated heterocycles. The molecule has 0 nitrogen and oxygen atoms in total. The van der Waals surface area contributed by atoms with E-state index in [0.29, 0.717) is 0 Å². The highest BCUT2D eigenvalue weighted by molar-refractivity contribution is 4.70. The third kappa shape index (κ3) is 4.48. The Morgan fingerprint density at radius 3 is 2.21 bits per heavy atom. The first-order valence-corrected chi connectivity index (χ1v) is 6.84. The van der Waals surface area contributed by atoms with Crippen molar-refractivity contribution in [1.29, 1.82) is 0 Å². The molecule has 0 heteroatoms. The van der Waals surface area contributed by atoms with Crippen LogP contribution in [-0.2, 0) is 0 Å². The molecule has 1 saturated carbocycles. The average molecular weight is 196 g/mol. The second-order valence-corrected chi connectivity index (χ2v) is 5.22. The molecule has 0 spiro atoms. The molecule has 0 radical (unpaired) electrons. The number of hydrogen-bond donors (Lipinski definition) is 0. The topological polar surface area (TPSA) is 0 Å². The third-order valence-electron chi connectivity index (χ3n) is 3.97. The van der Waals surface area contributed by atoms with Gasteiger partial charge in [0.15, 0.2) is 0 Å². The van der Waals surface area contributed by atoms with Gasteiger partial charge in [-0.1, -0.05) is 78.1 Å². The second kappa shape index (κ2) is 7.31. The molecule has 0 aliphatic heterocycles. The standard InChI is InChI=1S/C14H28/c1-3-4-7-10-13(2)14-11-8-5-6-9-12-14/h13-14H,3-12H2,1-2H3. The summed E-state index contributed by atoms with van der Waals surface area (Å²) < 4.78 is 0. The lowest BCUT2D eigenvalue weighted by atomic mass is 9.84. The van der Waals surface area contributed by atoms with E-state index < -0.39 is 0 Å². The van der Waals surface area contributed by atoms with E-state index in [2.05, 4.69) is 13.8 Å². The molecule has 0 aromatic carbocycles. The minimum atomic E-state index is 1.000. The lowest BCUT2D eigenvalue weighted by Crippen LogP contribution is -2.10. The highest BCUT2D eigenvalue weighted by atomic mass is 14.2. The van der Waals surface area contributed by atoms with Gasteiger partial charge in [-0.05, 0) is 11.8 Å². The smallest absolute Gasteiger partial charge is 0.0388 e. The Morgan fingerprint density at radius 2 is 1.64 bits per heavy atom. The molecule has 1 rings (SSSR count). The van der Waals surface area contributed by atoms with Crippen LogP contribution < -0.4 is 0 Å². The van der Waals surface area contributed by atoms with Gasteiger partial charge in [0.2, 0.25) is 0 Å². The third-order valence-corrected chi connectivity index (χ3v) is 3.97. The summed E-state index contributed by atoms with van der Waals surface area (Å²) in [4.78, 5) is 0. The van der Waals surface area contributed by atoms with Crippen molar-refractivity contribution < 1.29 is 0 Å². The molecule has 1 unspecified atom stereocenters. The number of hydrogen-bond acceptors (Lipinski definition) is 0. The summed E-state index contributed by atoms with van der Waals surface area (Å²) in [7, 11) is 0. The van der Waals surface area contributed by atoms with Gasteiger partial charge in [-0.3, -0.25) is 0 Å². The Balaban J connectivity index is 2.16. The van der Waals surface area contributed by atoms with Crippen molar-refractivity contribution in [3.05, 3.63) is 0 Å². The highest BCUT2D eigenvalue weighted by Gasteiger charge is 2.18. The van der Waals surface area contributed by atoms with Crippen molar-refractivity contribution in [3.8, 4) is 0 Å². The largest absolute Gasteiger partial charge is 0.0654 e. The van der Waals surface area contributed by atoms with Gasteiger partial charge in [0, 0.05) is 0 Å². The van der Waals surface area contributed by atoms with Crippen molar-refractivity contribution in [1.82, 2.24) is 0 Å². The monoisotopic (exact) mass is 196 g/mol. The summed E-state index contributed by atoms with van der Waals surface area (Å²) in [5.41, 5.74) is 0. The Kier molecular flexibility index (Phi) is 6.31. The molecule has 84 valence electrons. The van der Waals surface area contributed by atoms with Gasteiger partial charge in [0.1, 0.15) is 0 Å². The summed E-state index contributed by atoms with van der Waals surface area (Å²) in [6, 6.07) is 0. The van der Waals surface area contributed by atoms with Gasteiger partial charge in [-0.25, -0.2) is 0 Å². The van der Waals surface area contributed by atoms with Crippen LogP contribution in [0.5, 0.6) is 0 Å². The first kappa shape index (κ1) is 12.1. The first-order valence-electron chi connectivity index (χ1n) is 6.84. The summed E-state index contributed by atoms with van der Waals surface area (Å²) in [5, 5.41) is 0. The fourth-order valence-electron chi connectivity index (χ4n) is 2.83. The van der Waals surface area contributed by atoms with Crippen molar-refractivity contribution in [2.45, 2.75) is 78.1 Å². The fraction of sp³-hybridized carbons (Fsp3) is 1.00. The van der Waals surface area contributed by atoms with Crippen LogP contribution in [0.2, 0.25) is 0 Å². The molecule has 0 aromatic heterocycles. The molecule has 1 fully saturated rings. The van der Waals surface area contributed by atoms with Crippen LogP contribution >= 0.6 is 0 Å². The van der Waals surface area contributed by atoms with E-state index >= 15 is 0 Å². The average Bonchev–Trinajstić information content (AvgIpc) is 2.46. The first-order chi connectivity index (χ1) is 6.84. The molecule has 0 bridgehead atoms. The molecular weight excluding hydrogens is 168 g/mol. The van der Waals surface area contributed by atoms with Gasteiger partial charge in [-0.2, -0.15) is 0 Å². The van der Waals surface area contributed by atoms with Crippen LogP contribution in [0.4, 0.5) is 0 Å². The maximum absolute atomic E-state index is 2.49. The molecule has 1 aliphatic rings. The lowest BCUT2D eigenvalue weighted by molar-refractivity contribution is 0.296. The summed E-state index contributed by atoms with van der Waals surface area (Å²) in [6.07, 6.45) is 14.8. The van der Waals surface area contributed by atoms with E-state index in [1.807, 2.05) is 0 Å². The molecular formula is C14H28. The van der Waals surface area contributed by atoms with E-state index in [1.54, 1.807) is 0 Å². The SMILES string of the molecule is CCCCCC(C)C1CCCCCC1. The zero-order valence-electron chi connectivity index (χ0n) is 10.2. The number of unbranched alkanes of at least 4 members (excludes halogenated alkanes) is 2. The Labute approximate surface area is 90.5 Å². The van der Waals surface area contributed by atoms with E-state index in [4.69, 9.17) is 0 Å². The van der Waals surface area contributed by atoms with Crippen molar-refractivity contribution in [2.75, 3.05) is 0 Å². The van der Waals surface area contributed by atoms with Gasteiger partial charge >= 0.3 is 0 Å². The van der Waals surface area contributed by atoms with Crippen molar-refractivity contribution in [2.24, 2.45) is 11.8 Å². The van der Waals surface area contributed by atoms with Crippen LogP contribution in [-0.4, -0.2) is 0 Å². The Bertz CT molecular complexity index is 120. The number of rotatable bonds is 5. The maximum Gasteiger partial charge on any atom is -0.0388 e. The van der Waals surface area contributed by atoms with Crippen LogP contribution in [0.15, 0.2) is 0 Å². The molecule has 0 heterocycles. The fourth-order valence-corrected chi connectivity index (χ4v) is 2.83. The van der Waals surface area contributed by atoms with Crippen LogP contribution in [0.3, 0.4) is 0 Å². The lowest BCUT2D eigenvalue weighted by Gasteiger charge is -2.22. The van der Waals surface area contributed by atoms with Gasteiger partial charge in [-0.15, -0.1) is 0 Å². The van der Waals surface area contributed by atoms with E-state index in [1.165, 1.54) is 64.2 Å². The van der Waals surface area contributed by atoms with Crippen LogP contribution in [0, 0.1) is 11.8 Å². The van der Waals surface area contributed by atoms with Crippen molar-refractivity contribution in [3.63, 3.8) is 0 Å². The van der Waals surface area contributed by atoms with Crippen LogP contribution in [0.1, 0.15) is 78.1 Å². The summed E-state index contributed by atoms with van der Waals surface area (Å²) >= 11 is 0. The molecule has 0 aromatic rings. The summed E-state index contributed by atoms with van der Waals surface area (Å²) in [6.45, 7) is 4.79. The normalized spacial score (nSPS) is 21.9. The maximum atomic E-state index is 2.49. The highest BCUT2D eigenvalue weighted by Crippen LogP contribution is 2.31. The van der Waals surface area contributed by atoms with Gasteiger partial charge < -0.3 is 0 Å². The van der Waals surface area contributed by atoms with Gasteiger partial charge in [0.05, 0.1) is 0 Å². The van der Waals surface area contributed by atoms with E-state index in [0.717, 1.165) is 11.8 Å². The minimum Gasteiger partial charge on any atom is -0.0654 e. The quantitative estimate of drug-likeness (QED) is 0.420. The van der Waals surface area contributed by atoms with Gasteiger partial charge in [0.25, 0.3) is 0 Å². The van der Waals surface area contributed by atoms with Crippen molar-refractivity contribution >= 4 is 0 Å². The molecule has 14 heavy (non-hydrogen) atoms. The zero-order chi connectivity index (χ0) is 10.2. The Morgan fingerprint density at radius 1 is 1.00 bits per heavy atom. The zero-order valence-corrected chi connectivity index (χ0v) is 10.2. The van der Waals surface area contributed by atoms with Crippen LogP contribution in [0.25, 0.3) is 0 Å². The van der Waals surface area contributed by atoms with E-state index in [-0.39, 0.29) is 0 Å². The predicted octanol–water partition coefficient (Wildman–Crippen LogP) is 5.17. The molecule has 1 aliphatic carbocycles. The molecule has 1 atom stereocenters. The predicted molar refractivity (Wildman–Crippen MR) is 64.5 cm³/mol. The second-order valence-electron chi connectivity index (χ2n) is 5.22. The van der Waals surface area contributed by atoms with E-state index in [9.17, 15) is 0 Å². The summed E-state index contributed by atoms with van der Waals surface area (Å²) in [5.74, 6) is 2.06. The molecule has 0 N–H and O–H groups in total.